The highest BCUT2D eigenvalue weighted by atomic mass is 32.2. The summed E-state index contributed by atoms with van der Waals surface area (Å²) in [6, 6.07) is 5.95. The molecule has 29 heavy (non-hydrogen) atoms. The van der Waals surface area contributed by atoms with Gasteiger partial charge in [0.2, 0.25) is 0 Å². The van der Waals surface area contributed by atoms with Gasteiger partial charge in [0.25, 0.3) is 5.56 Å². The zero-order chi connectivity index (χ0) is 20.6. The van der Waals surface area contributed by atoms with Gasteiger partial charge in [0.05, 0.1) is 16.3 Å². The minimum Gasteiger partial charge on any atom is -0.294 e. The van der Waals surface area contributed by atoms with E-state index in [0.29, 0.717) is 19.4 Å². The molecule has 0 bridgehead atoms. The second-order valence-corrected chi connectivity index (χ2v) is 10.2. The van der Waals surface area contributed by atoms with Crippen molar-refractivity contribution >= 4 is 27.2 Å². The number of imidazole rings is 1. The zero-order valence-corrected chi connectivity index (χ0v) is 17.7. The van der Waals surface area contributed by atoms with Crippen molar-refractivity contribution in [2.24, 2.45) is 0 Å². The molecule has 0 aliphatic carbocycles. The molecule has 0 radical (unpaired) electrons. The number of fused-ring (bicyclic) bond motifs is 2. The van der Waals surface area contributed by atoms with Crippen molar-refractivity contribution < 1.29 is 8.42 Å². The van der Waals surface area contributed by atoms with Crippen molar-refractivity contribution in [2.75, 3.05) is 11.5 Å². The highest BCUT2D eigenvalue weighted by Gasteiger charge is 2.29. The van der Waals surface area contributed by atoms with Gasteiger partial charge in [-0.25, -0.2) is 18.2 Å². The molecule has 0 aromatic carbocycles. The van der Waals surface area contributed by atoms with Crippen LogP contribution in [0.5, 0.6) is 0 Å². The molecule has 3 aromatic rings. The smallest absolute Gasteiger partial charge is 0.294 e. The lowest BCUT2D eigenvalue weighted by Crippen LogP contribution is -2.45. The maximum atomic E-state index is 12.7. The molecule has 4 rings (SSSR count). The normalized spacial score (nSPS) is 15.5. The van der Waals surface area contributed by atoms with Crippen molar-refractivity contribution in [3.05, 3.63) is 57.0 Å². The number of pyridine rings is 1. The third-order valence-corrected chi connectivity index (χ3v) is 8.16. The molecule has 154 valence electrons. The summed E-state index contributed by atoms with van der Waals surface area (Å²) in [5.41, 5.74) is 0.0248. The highest BCUT2D eigenvalue weighted by Crippen LogP contribution is 2.21. The molecule has 0 N–H and O–H groups in total. The van der Waals surface area contributed by atoms with E-state index in [0.717, 1.165) is 22.8 Å². The number of nitrogens with zero attached hydrogens (tertiary/aromatic N) is 4. The molecule has 0 atom stereocenters. The van der Waals surface area contributed by atoms with Gasteiger partial charge in [-0.1, -0.05) is 6.07 Å². The van der Waals surface area contributed by atoms with Gasteiger partial charge in [0, 0.05) is 25.5 Å². The fourth-order valence-electron chi connectivity index (χ4n) is 3.71. The molecule has 0 saturated heterocycles. The van der Waals surface area contributed by atoms with E-state index in [1.165, 1.54) is 16.1 Å². The van der Waals surface area contributed by atoms with Gasteiger partial charge in [-0.15, -0.1) is 11.8 Å². The Morgan fingerprint density at radius 3 is 2.86 bits per heavy atom. The Labute approximate surface area is 172 Å². The summed E-state index contributed by atoms with van der Waals surface area (Å²) >= 11 is 1.70. The molecule has 0 fully saturated rings. The van der Waals surface area contributed by atoms with E-state index < -0.39 is 21.1 Å². The Morgan fingerprint density at radius 1 is 1.21 bits per heavy atom. The van der Waals surface area contributed by atoms with Crippen LogP contribution in [-0.2, 0) is 22.9 Å². The van der Waals surface area contributed by atoms with Crippen molar-refractivity contribution in [1.82, 2.24) is 18.5 Å². The van der Waals surface area contributed by atoms with E-state index in [-0.39, 0.29) is 22.9 Å². The van der Waals surface area contributed by atoms with Crippen molar-refractivity contribution in [3.8, 4) is 0 Å². The lowest BCUT2D eigenvalue weighted by atomic mass is 10.3. The van der Waals surface area contributed by atoms with Gasteiger partial charge in [-0.3, -0.25) is 18.3 Å². The number of unbranched alkanes of at least 4 members (excludes halogenated alkanes) is 1. The predicted octanol–water partition coefficient (Wildman–Crippen LogP) is 1.72. The third-order valence-electron chi connectivity index (χ3n) is 5.10. The average molecular weight is 435 g/mol. The first-order valence-corrected chi connectivity index (χ1v) is 12.2. The van der Waals surface area contributed by atoms with E-state index in [1.54, 1.807) is 18.0 Å². The summed E-state index contributed by atoms with van der Waals surface area (Å²) in [5, 5.41) is 0.992. The third kappa shape index (κ3) is 3.66. The predicted molar refractivity (Wildman–Crippen MR) is 112 cm³/mol. The molecule has 10 heteroatoms. The lowest BCUT2D eigenvalue weighted by molar-refractivity contribution is 0.465. The minimum atomic E-state index is -3.57. The molecular weight excluding hydrogens is 412 g/mol. The maximum Gasteiger partial charge on any atom is 0.331 e. The van der Waals surface area contributed by atoms with E-state index in [1.807, 2.05) is 28.8 Å². The fourth-order valence-corrected chi connectivity index (χ4v) is 6.50. The van der Waals surface area contributed by atoms with Crippen LogP contribution in [0.25, 0.3) is 5.65 Å². The first-order chi connectivity index (χ1) is 13.9. The van der Waals surface area contributed by atoms with Crippen molar-refractivity contribution in [2.45, 2.75) is 49.3 Å². The van der Waals surface area contributed by atoms with Gasteiger partial charge < -0.3 is 0 Å². The summed E-state index contributed by atoms with van der Waals surface area (Å²) in [4.78, 5) is 29.6. The van der Waals surface area contributed by atoms with Gasteiger partial charge >= 0.3 is 5.69 Å². The molecular formula is C19H22N4O4S2. The monoisotopic (exact) mass is 434 g/mol. The number of hydrogen-bond acceptors (Lipinski definition) is 6. The molecule has 4 heterocycles. The van der Waals surface area contributed by atoms with Crippen LogP contribution in [0.4, 0.5) is 0 Å². The SMILES string of the molecule is Cc1c2n(c(=O)n(CCCCSc3cccc4nccn34)c1=O)CCCS2(=O)=O. The molecule has 1 aliphatic rings. The zero-order valence-electron chi connectivity index (χ0n) is 16.1. The van der Waals surface area contributed by atoms with Crippen molar-refractivity contribution in [1.29, 1.82) is 0 Å². The number of rotatable bonds is 6. The van der Waals surface area contributed by atoms with Crippen LogP contribution in [0.2, 0.25) is 0 Å². The quantitative estimate of drug-likeness (QED) is 0.333. The Kier molecular flexibility index (Phi) is 5.39. The molecule has 0 amide bonds. The Morgan fingerprint density at radius 2 is 2.03 bits per heavy atom. The van der Waals surface area contributed by atoms with Crippen LogP contribution < -0.4 is 11.2 Å². The standard InChI is InChI=1S/C19H22N4O4S2/c1-14-17(24)22(19(25)23-10-5-13-29(26,27)18(14)23)9-2-3-12-28-16-7-4-6-15-20-8-11-21(15)16/h4,6-8,11H,2-3,5,9-10,12-13H2,1H3. The van der Waals surface area contributed by atoms with Crippen LogP contribution in [-0.4, -0.2) is 38.4 Å². The average Bonchev–Trinajstić information content (AvgIpc) is 3.17. The number of thioether (sulfide) groups is 1. The summed E-state index contributed by atoms with van der Waals surface area (Å²) in [6.45, 7) is 2.11. The summed E-state index contributed by atoms with van der Waals surface area (Å²) < 4.78 is 29.1. The largest absolute Gasteiger partial charge is 0.331 e. The van der Waals surface area contributed by atoms with Gasteiger partial charge in [0.1, 0.15) is 10.7 Å². The van der Waals surface area contributed by atoms with Gasteiger partial charge in [-0.2, -0.15) is 0 Å². The second kappa shape index (κ2) is 7.83. The molecule has 1 aliphatic heterocycles. The first kappa shape index (κ1) is 20.0. The molecule has 3 aromatic heterocycles. The van der Waals surface area contributed by atoms with E-state index in [2.05, 4.69) is 4.98 Å². The fraction of sp³-hybridized carbons (Fsp3) is 0.421. The lowest BCUT2D eigenvalue weighted by Gasteiger charge is -2.21. The van der Waals surface area contributed by atoms with Crippen LogP contribution in [0.3, 0.4) is 0 Å². The first-order valence-electron chi connectivity index (χ1n) is 9.52. The Balaban J connectivity index is 1.45. The summed E-state index contributed by atoms with van der Waals surface area (Å²) in [5.74, 6) is 0.823. The van der Waals surface area contributed by atoms with E-state index >= 15 is 0 Å². The number of sulfone groups is 1. The molecule has 0 saturated carbocycles. The topological polar surface area (TPSA) is 95.4 Å². The second-order valence-electron chi connectivity index (χ2n) is 7.07. The number of aromatic nitrogens is 4. The van der Waals surface area contributed by atoms with Crippen LogP contribution >= 0.6 is 11.8 Å². The van der Waals surface area contributed by atoms with Crippen LogP contribution in [0.15, 0.2) is 50.2 Å². The maximum absolute atomic E-state index is 12.7. The number of hydrogen-bond donors (Lipinski definition) is 0. The van der Waals surface area contributed by atoms with Gasteiger partial charge in [-0.05, 0) is 44.1 Å². The Hall–Kier alpha value is -2.33. The molecule has 0 spiro atoms. The minimum absolute atomic E-state index is 0.0162. The van der Waals surface area contributed by atoms with Crippen molar-refractivity contribution in [3.63, 3.8) is 0 Å². The molecule has 8 nitrogen and oxygen atoms in total. The van der Waals surface area contributed by atoms with E-state index in [9.17, 15) is 18.0 Å². The summed E-state index contributed by atoms with van der Waals surface area (Å²) in [7, 11) is -3.57. The van der Waals surface area contributed by atoms with Crippen LogP contribution in [0, 0.1) is 6.92 Å². The molecule has 0 unspecified atom stereocenters. The van der Waals surface area contributed by atoms with Crippen LogP contribution in [0.1, 0.15) is 24.8 Å². The Bertz CT molecular complexity index is 1290. The van der Waals surface area contributed by atoms with E-state index in [4.69, 9.17) is 0 Å². The van der Waals surface area contributed by atoms with Gasteiger partial charge in [0.15, 0.2) is 9.84 Å². The summed E-state index contributed by atoms with van der Waals surface area (Å²) in [6.07, 6.45) is 5.55. The highest BCUT2D eigenvalue weighted by molar-refractivity contribution is 7.99.